The average molecular weight is 822 g/mol. The van der Waals surface area contributed by atoms with E-state index in [9.17, 15) is 29.4 Å². The normalized spacial score (nSPS) is 18.3. The van der Waals surface area contributed by atoms with Crippen LogP contribution in [0.5, 0.6) is 0 Å². The lowest BCUT2D eigenvalue weighted by Crippen LogP contribution is -2.37. The number of esters is 1. The molecule has 310 valence electrons. The molecule has 2 atom stereocenters. The summed E-state index contributed by atoms with van der Waals surface area (Å²) in [5.74, 6) is 9.30. The predicted octanol–water partition coefficient (Wildman–Crippen LogP) is 2.74. The summed E-state index contributed by atoms with van der Waals surface area (Å²) in [6.07, 6.45) is 5.17. The van der Waals surface area contributed by atoms with Crippen molar-refractivity contribution in [1.29, 1.82) is 0 Å². The molecule has 0 radical (unpaired) electrons. The van der Waals surface area contributed by atoms with Gasteiger partial charge in [0.05, 0.1) is 51.7 Å². The Morgan fingerprint density at radius 2 is 1.18 bits per heavy atom. The van der Waals surface area contributed by atoms with Crippen molar-refractivity contribution in [3.63, 3.8) is 0 Å². The Hall–Kier alpha value is -7.40. The van der Waals surface area contributed by atoms with Gasteiger partial charge in [0.15, 0.2) is 11.4 Å². The number of primary amides is 1. The number of aliphatic hydroxyl groups is 2. The van der Waals surface area contributed by atoms with Crippen LogP contribution in [-0.2, 0) is 27.2 Å². The Labute approximate surface area is 350 Å². The van der Waals surface area contributed by atoms with Crippen LogP contribution in [0.4, 0.5) is 0 Å². The summed E-state index contributed by atoms with van der Waals surface area (Å²) in [4.78, 5) is 60.2. The number of likely N-dealkylation sites (tertiary alicyclic amines) is 2. The van der Waals surface area contributed by atoms with Gasteiger partial charge >= 0.3 is 5.97 Å². The maximum atomic E-state index is 12.3. The Morgan fingerprint density at radius 3 is 1.57 bits per heavy atom. The van der Waals surface area contributed by atoms with Gasteiger partial charge in [-0.05, 0) is 61.4 Å². The van der Waals surface area contributed by atoms with Crippen molar-refractivity contribution >= 4 is 45.5 Å². The first-order valence-corrected chi connectivity index (χ1v) is 19.6. The van der Waals surface area contributed by atoms with Crippen molar-refractivity contribution in [3.8, 4) is 35.1 Å². The minimum Gasteiger partial charge on any atom is -0.464 e. The third-order valence-electron chi connectivity index (χ3n) is 10.7. The van der Waals surface area contributed by atoms with E-state index in [1.54, 1.807) is 84.4 Å². The number of aryl methyl sites for hydroxylation is 2. The summed E-state index contributed by atoms with van der Waals surface area (Å²) in [6.45, 7) is 4.84. The van der Waals surface area contributed by atoms with Gasteiger partial charge < -0.3 is 30.5 Å². The number of fused-ring (bicyclic) bond motifs is 2. The summed E-state index contributed by atoms with van der Waals surface area (Å²) in [5, 5.41) is 31.2. The van der Waals surface area contributed by atoms with E-state index in [0.717, 1.165) is 16.9 Å². The first kappa shape index (κ1) is 41.7. The van der Waals surface area contributed by atoms with Crippen LogP contribution in [0, 0.1) is 23.7 Å². The number of methoxy groups -OCH3 is 1. The van der Waals surface area contributed by atoms with Crippen molar-refractivity contribution in [2.24, 2.45) is 5.73 Å². The zero-order valence-corrected chi connectivity index (χ0v) is 34.3. The number of ether oxygens (including phenoxy) is 1. The number of pyridine rings is 2. The number of amides is 3. The number of nitrogens with two attached hydrogens (primary N) is 1. The Kier molecular flexibility index (Phi) is 11.4. The summed E-state index contributed by atoms with van der Waals surface area (Å²) >= 11 is 0. The molecule has 4 N–H and O–H groups in total. The smallest absolute Gasteiger partial charge is 0.359 e. The molecular weight excluding hydrogens is 779 g/mol. The third kappa shape index (κ3) is 7.90. The van der Waals surface area contributed by atoms with Crippen molar-refractivity contribution in [2.45, 2.75) is 50.7 Å². The van der Waals surface area contributed by atoms with Crippen LogP contribution >= 0.6 is 0 Å². The zero-order chi connectivity index (χ0) is 43.6. The monoisotopic (exact) mass is 821 g/mol. The third-order valence-corrected chi connectivity index (χ3v) is 10.7. The number of benzene rings is 2. The molecule has 0 saturated carbocycles. The first-order chi connectivity index (χ1) is 29.2. The van der Waals surface area contributed by atoms with Crippen LogP contribution in [0.1, 0.15) is 70.2 Å². The minimum absolute atomic E-state index is 0.167. The fraction of sp³-hybridized carbons (Fsp3) is 0.289. The molecule has 0 aliphatic carbocycles. The highest BCUT2D eigenvalue weighted by molar-refractivity contribution is 6.05. The molecule has 6 heterocycles. The van der Waals surface area contributed by atoms with Gasteiger partial charge in [-0.2, -0.15) is 10.2 Å². The van der Waals surface area contributed by atoms with Crippen molar-refractivity contribution < 1.29 is 34.1 Å². The van der Waals surface area contributed by atoms with Gasteiger partial charge in [-0.1, -0.05) is 49.7 Å². The highest BCUT2D eigenvalue weighted by Gasteiger charge is 2.43. The molecule has 2 fully saturated rings. The molecule has 2 aliphatic rings. The van der Waals surface area contributed by atoms with Crippen LogP contribution in [0.2, 0.25) is 0 Å². The second kappa shape index (κ2) is 16.7. The van der Waals surface area contributed by atoms with E-state index in [1.165, 1.54) is 16.9 Å². The number of nitrogens with zero attached hydrogens (tertiary/aromatic N) is 8. The highest BCUT2D eigenvalue weighted by atomic mass is 16.5. The second-order valence-corrected chi connectivity index (χ2v) is 14.7. The van der Waals surface area contributed by atoms with Crippen LogP contribution in [0.25, 0.3) is 33.2 Å². The first-order valence-electron chi connectivity index (χ1n) is 19.6. The van der Waals surface area contributed by atoms with E-state index in [4.69, 9.17) is 10.5 Å². The molecule has 2 aromatic carbocycles. The van der Waals surface area contributed by atoms with Gasteiger partial charge in [0.25, 0.3) is 17.7 Å². The van der Waals surface area contributed by atoms with Crippen molar-refractivity contribution in [2.75, 3.05) is 34.3 Å². The molecule has 61 heavy (non-hydrogen) atoms. The van der Waals surface area contributed by atoms with Crippen molar-refractivity contribution in [3.05, 3.63) is 107 Å². The molecule has 16 heteroatoms. The van der Waals surface area contributed by atoms with Gasteiger partial charge in [-0.25, -0.2) is 14.2 Å². The number of rotatable bonds is 6. The lowest BCUT2D eigenvalue weighted by molar-refractivity contribution is -0.138. The highest BCUT2D eigenvalue weighted by Crippen LogP contribution is 2.28. The molecule has 16 nitrogen and oxygen atoms in total. The lowest BCUT2D eigenvalue weighted by Gasteiger charge is -2.13. The largest absolute Gasteiger partial charge is 0.464 e. The number of hydrogen-bond acceptors (Lipinski definition) is 11. The predicted molar refractivity (Wildman–Crippen MR) is 225 cm³/mol. The van der Waals surface area contributed by atoms with Gasteiger partial charge in [0, 0.05) is 63.5 Å². The van der Waals surface area contributed by atoms with Crippen LogP contribution in [0.3, 0.4) is 0 Å². The number of likely N-dealkylation sites (N-methyl/N-ethyl adjacent to an activating group) is 2. The second-order valence-electron chi connectivity index (χ2n) is 14.7. The number of carbonyl (C=O) groups is 4. The van der Waals surface area contributed by atoms with E-state index in [2.05, 4.69) is 43.8 Å². The summed E-state index contributed by atoms with van der Waals surface area (Å²) in [6, 6.07) is 18.0. The topological polar surface area (TPSA) is 212 Å². The Balaban J connectivity index is 0.000000184. The zero-order valence-electron chi connectivity index (χ0n) is 34.3. The standard InChI is InChI=1S/C23H22N4O4.C22H21N5O3/c1-4-17-19-18(9-12-24-17)27(25-20(19)21(28)31-3)16-7-5-6-15(14-16)8-10-23(30)11-13-26(2)22(23)29;1-3-16-18-17(8-11-24-16)27(25-19(18)20(23)28)15-6-4-5-14(13-15)7-9-22(30)10-12-26(2)21(22)29/h5-7,9,12,14,30H,4,11,13H2,1-3H3;4-6,8,11,13,30H,3,10,12H2,1-2H3,(H2,23,28)/t23-;22-/m00/s1. The molecule has 3 amide bonds. The van der Waals surface area contributed by atoms with E-state index < -0.39 is 34.9 Å². The van der Waals surface area contributed by atoms with Gasteiger partial charge in [-0.15, -0.1) is 0 Å². The SMILES string of the molecule is CCc1nccc2c1c(C(=O)OC)nn2-c1cccc(C#C[C@]2(O)CCN(C)C2=O)c1.CCc1nccc2c1c(C(N)=O)nn2-c1cccc(C#C[C@]2(O)CCN(C)C2=O)c1. The molecular formula is C45H43N9O7. The molecule has 0 spiro atoms. The van der Waals surface area contributed by atoms with Gasteiger partial charge in [0.2, 0.25) is 11.2 Å². The molecule has 2 saturated heterocycles. The van der Waals surface area contributed by atoms with Gasteiger partial charge in [0.1, 0.15) is 0 Å². The minimum atomic E-state index is -1.66. The van der Waals surface area contributed by atoms with Gasteiger partial charge in [-0.3, -0.25) is 24.4 Å². The van der Waals surface area contributed by atoms with E-state index in [1.807, 2.05) is 26.0 Å². The summed E-state index contributed by atoms with van der Waals surface area (Å²) < 4.78 is 8.19. The fourth-order valence-corrected chi connectivity index (χ4v) is 7.33. The van der Waals surface area contributed by atoms with E-state index in [-0.39, 0.29) is 24.2 Å². The molecule has 6 aromatic rings. The lowest BCUT2D eigenvalue weighted by atomic mass is 10.0. The molecule has 4 aromatic heterocycles. The van der Waals surface area contributed by atoms with Crippen LogP contribution in [-0.4, -0.2) is 119 Å². The Bertz CT molecular complexity index is 2880. The fourth-order valence-electron chi connectivity index (χ4n) is 7.33. The molecule has 8 rings (SSSR count). The number of aromatic nitrogens is 6. The number of hydrogen-bond donors (Lipinski definition) is 3. The quantitative estimate of drug-likeness (QED) is 0.164. The average Bonchev–Trinajstić information content (AvgIpc) is 4.01. The summed E-state index contributed by atoms with van der Waals surface area (Å²) in [7, 11) is 4.60. The number of carbonyl (C=O) groups excluding carboxylic acids is 4. The van der Waals surface area contributed by atoms with Crippen LogP contribution in [0.15, 0.2) is 73.1 Å². The molecule has 0 bridgehead atoms. The molecule has 2 aliphatic heterocycles. The molecule has 0 unspecified atom stereocenters. The van der Waals surface area contributed by atoms with Crippen LogP contribution < -0.4 is 5.73 Å². The maximum absolute atomic E-state index is 12.3. The van der Waals surface area contributed by atoms with E-state index >= 15 is 0 Å². The van der Waals surface area contributed by atoms with Crippen molar-refractivity contribution in [1.82, 2.24) is 39.3 Å². The summed E-state index contributed by atoms with van der Waals surface area (Å²) in [5.41, 5.74) is 8.11. The maximum Gasteiger partial charge on any atom is 0.359 e. The Morgan fingerprint density at radius 1 is 0.738 bits per heavy atom. The van der Waals surface area contributed by atoms with E-state index in [0.29, 0.717) is 64.7 Å².